The van der Waals surface area contributed by atoms with Crippen molar-refractivity contribution in [3.8, 4) is 5.75 Å². The Morgan fingerprint density at radius 2 is 1.86 bits per heavy atom. The predicted molar refractivity (Wildman–Crippen MR) is 58.3 cm³/mol. The van der Waals surface area contributed by atoms with E-state index >= 15 is 0 Å². The smallest absolute Gasteiger partial charge is 0.143 e. The van der Waals surface area contributed by atoms with Crippen molar-refractivity contribution in [2.45, 2.75) is 19.4 Å². The Morgan fingerprint density at radius 3 is 2.29 bits per heavy atom. The molecule has 0 saturated carbocycles. The van der Waals surface area contributed by atoms with E-state index in [9.17, 15) is 5.11 Å². The van der Waals surface area contributed by atoms with Crippen LogP contribution in [0, 0.1) is 0 Å². The fourth-order valence-corrected chi connectivity index (χ4v) is 1.79. The fourth-order valence-electron chi connectivity index (χ4n) is 1.22. The topological polar surface area (TPSA) is 29.5 Å². The minimum atomic E-state index is -1.03. The van der Waals surface area contributed by atoms with Gasteiger partial charge in [-0.2, -0.15) is 0 Å². The maximum Gasteiger partial charge on any atom is 0.143 e. The van der Waals surface area contributed by atoms with E-state index in [2.05, 4.69) is 0 Å². The van der Waals surface area contributed by atoms with Gasteiger partial charge in [0, 0.05) is 10.6 Å². The van der Waals surface area contributed by atoms with Crippen LogP contribution in [-0.4, -0.2) is 12.2 Å². The highest BCUT2D eigenvalue weighted by molar-refractivity contribution is 6.35. The van der Waals surface area contributed by atoms with Crippen molar-refractivity contribution in [1.29, 1.82) is 0 Å². The quantitative estimate of drug-likeness (QED) is 0.852. The third-order valence-electron chi connectivity index (χ3n) is 1.87. The van der Waals surface area contributed by atoms with Gasteiger partial charge in [-0.3, -0.25) is 0 Å². The first-order valence-electron chi connectivity index (χ1n) is 4.12. The molecule has 0 aliphatic rings. The SMILES string of the molecule is COc1c(Cl)cc(Cl)cc1C(C)(C)O. The van der Waals surface area contributed by atoms with Crippen molar-refractivity contribution in [3.63, 3.8) is 0 Å². The van der Waals surface area contributed by atoms with Gasteiger partial charge < -0.3 is 9.84 Å². The number of methoxy groups -OCH3 is 1. The molecule has 0 aromatic heterocycles. The summed E-state index contributed by atoms with van der Waals surface area (Å²) in [6.07, 6.45) is 0. The molecule has 0 atom stereocenters. The van der Waals surface area contributed by atoms with Crippen LogP contribution in [0.3, 0.4) is 0 Å². The van der Waals surface area contributed by atoms with Gasteiger partial charge in [0.1, 0.15) is 5.75 Å². The van der Waals surface area contributed by atoms with Crippen molar-refractivity contribution in [1.82, 2.24) is 0 Å². The van der Waals surface area contributed by atoms with Gasteiger partial charge in [0.05, 0.1) is 17.7 Å². The van der Waals surface area contributed by atoms with Crippen LogP contribution in [0.15, 0.2) is 12.1 Å². The molecule has 1 rings (SSSR count). The lowest BCUT2D eigenvalue weighted by molar-refractivity contribution is 0.0757. The van der Waals surface area contributed by atoms with Gasteiger partial charge in [-0.1, -0.05) is 23.2 Å². The average molecular weight is 235 g/mol. The summed E-state index contributed by atoms with van der Waals surface area (Å²) in [4.78, 5) is 0. The number of hydrogen-bond donors (Lipinski definition) is 1. The van der Waals surface area contributed by atoms with Crippen LogP contribution in [-0.2, 0) is 5.60 Å². The molecule has 0 unspecified atom stereocenters. The van der Waals surface area contributed by atoms with Crippen molar-refractivity contribution in [3.05, 3.63) is 27.7 Å². The maximum atomic E-state index is 9.85. The molecule has 0 radical (unpaired) electrons. The summed E-state index contributed by atoms with van der Waals surface area (Å²) in [5, 5.41) is 10.7. The number of benzene rings is 1. The molecule has 0 saturated heterocycles. The highest BCUT2D eigenvalue weighted by atomic mass is 35.5. The fraction of sp³-hybridized carbons (Fsp3) is 0.400. The minimum Gasteiger partial charge on any atom is -0.495 e. The Hall–Kier alpha value is -0.440. The van der Waals surface area contributed by atoms with E-state index in [1.165, 1.54) is 7.11 Å². The molecule has 0 spiro atoms. The summed E-state index contributed by atoms with van der Waals surface area (Å²) in [5.41, 5.74) is -0.447. The summed E-state index contributed by atoms with van der Waals surface area (Å²) < 4.78 is 5.11. The molecule has 78 valence electrons. The Morgan fingerprint density at radius 1 is 1.29 bits per heavy atom. The predicted octanol–water partition coefficient (Wildman–Crippen LogP) is 3.23. The number of ether oxygens (including phenoxy) is 1. The second-order valence-electron chi connectivity index (χ2n) is 3.53. The molecule has 1 aromatic carbocycles. The number of halogens is 2. The zero-order chi connectivity index (χ0) is 10.9. The lowest BCUT2D eigenvalue weighted by Gasteiger charge is -2.21. The summed E-state index contributed by atoms with van der Waals surface area (Å²) >= 11 is 11.8. The van der Waals surface area contributed by atoms with Gasteiger partial charge in [0.2, 0.25) is 0 Å². The highest BCUT2D eigenvalue weighted by Gasteiger charge is 2.23. The van der Waals surface area contributed by atoms with Crippen molar-refractivity contribution >= 4 is 23.2 Å². The molecule has 2 nitrogen and oxygen atoms in total. The first kappa shape index (κ1) is 11.6. The monoisotopic (exact) mass is 234 g/mol. The molecular formula is C10H12Cl2O2. The average Bonchev–Trinajstić information content (AvgIpc) is 2.01. The zero-order valence-corrected chi connectivity index (χ0v) is 9.78. The summed E-state index contributed by atoms with van der Waals surface area (Å²) in [5.74, 6) is 0.462. The van der Waals surface area contributed by atoms with E-state index in [4.69, 9.17) is 27.9 Å². The van der Waals surface area contributed by atoms with Gasteiger partial charge in [0.25, 0.3) is 0 Å². The third-order valence-corrected chi connectivity index (χ3v) is 2.37. The van der Waals surface area contributed by atoms with E-state index in [1.807, 2.05) is 0 Å². The van der Waals surface area contributed by atoms with Crippen LogP contribution >= 0.6 is 23.2 Å². The number of hydrogen-bond acceptors (Lipinski definition) is 2. The minimum absolute atomic E-state index is 0.400. The summed E-state index contributed by atoms with van der Waals surface area (Å²) in [7, 11) is 1.50. The van der Waals surface area contributed by atoms with E-state index in [-0.39, 0.29) is 0 Å². The molecule has 0 bridgehead atoms. The van der Waals surface area contributed by atoms with Crippen LogP contribution in [0.2, 0.25) is 10.0 Å². The van der Waals surface area contributed by atoms with Crippen LogP contribution in [0.25, 0.3) is 0 Å². The van der Waals surface area contributed by atoms with Gasteiger partial charge in [-0.25, -0.2) is 0 Å². The van der Waals surface area contributed by atoms with Gasteiger partial charge in [0.15, 0.2) is 0 Å². The lowest BCUT2D eigenvalue weighted by Crippen LogP contribution is -2.16. The van der Waals surface area contributed by atoms with Crippen molar-refractivity contribution in [2.24, 2.45) is 0 Å². The number of rotatable bonds is 2. The van der Waals surface area contributed by atoms with Gasteiger partial charge in [-0.15, -0.1) is 0 Å². The summed E-state index contributed by atoms with van der Waals surface area (Å²) in [6.45, 7) is 3.30. The van der Waals surface area contributed by atoms with Crippen LogP contribution in [0.4, 0.5) is 0 Å². The first-order chi connectivity index (χ1) is 6.36. The lowest BCUT2D eigenvalue weighted by atomic mass is 9.97. The second-order valence-corrected chi connectivity index (χ2v) is 4.37. The van der Waals surface area contributed by atoms with E-state index in [0.29, 0.717) is 21.4 Å². The Bertz CT molecular complexity index is 343. The Balaban J connectivity index is 3.40. The van der Waals surface area contributed by atoms with Gasteiger partial charge in [-0.05, 0) is 26.0 Å². The normalized spacial score (nSPS) is 11.6. The molecule has 0 heterocycles. The Kier molecular flexibility index (Phi) is 3.30. The highest BCUT2D eigenvalue weighted by Crippen LogP contribution is 2.37. The van der Waals surface area contributed by atoms with Crippen molar-refractivity contribution < 1.29 is 9.84 Å². The standard InChI is InChI=1S/C10H12Cl2O2/c1-10(2,13)7-4-6(11)5-8(12)9(7)14-3/h4-5,13H,1-3H3. The molecule has 14 heavy (non-hydrogen) atoms. The molecule has 0 fully saturated rings. The van der Waals surface area contributed by atoms with E-state index < -0.39 is 5.60 Å². The van der Waals surface area contributed by atoms with Crippen LogP contribution in [0.5, 0.6) is 5.75 Å². The molecule has 0 aliphatic heterocycles. The van der Waals surface area contributed by atoms with Crippen molar-refractivity contribution in [2.75, 3.05) is 7.11 Å². The van der Waals surface area contributed by atoms with Crippen LogP contribution < -0.4 is 4.74 Å². The summed E-state index contributed by atoms with van der Waals surface area (Å²) in [6, 6.07) is 3.23. The third kappa shape index (κ3) is 2.32. The number of aliphatic hydroxyl groups is 1. The van der Waals surface area contributed by atoms with E-state index in [1.54, 1.807) is 26.0 Å². The van der Waals surface area contributed by atoms with Gasteiger partial charge >= 0.3 is 0 Å². The molecule has 4 heteroatoms. The largest absolute Gasteiger partial charge is 0.495 e. The van der Waals surface area contributed by atoms with Crippen LogP contribution in [0.1, 0.15) is 19.4 Å². The Labute approximate surface area is 93.4 Å². The zero-order valence-electron chi connectivity index (χ0n) is 8.27. The van der Waals surface area contributed by atoms with E-state index in [0.717, 1.165) is 0 Å². The second kappa shape index (κ2) is 3.97. The molecular weight excluding hydrogens is 223 g/mol. The molecule has 0 amide bonds. The molecule has 0 aliphatic carbocycles. The maximum absolute atomic E-state index is 9.85. The molecule has 1 aromatic rings. The first-order valence-corrected chi connectivity index (χ1v) is 4.87. The molecule has 1 N–H and O–H groups in total.